The van der Waals surface area contributed by atoms with E-state index in [1.165, 1.54) is 0 Å². The summed E-state index contributed by atoms with van der Waals surface area (Å²) in [4.78, 5) is 35.5. The monoisotopic (exact) mass is 379 g/mol. The largest absolute Gasteiger partial charge is 0.458 e. The summed E-state index contributed by atoms with van der Waals surface area (Å²) in [5.41, 5.74) is 2.52. The summed E-state index contributed by atoms with van der Waals surface area (Å²) >= 11 is 0. The quantitative estimate of drug-likeness (QED) is 0.813. The van der Waals surface area contributed by atoms with E-state index in [1.54, 1.807) is 0 Å². The zero-order valence-electron chi connectivity index (χ0n) is 15.9. The number of imidazole rings is 1. The molecule has 1 aliphatic carbocycles. The first-order chi connectivity index (χ1) is 13.6. The number of fused-ring (bicyclic) bond motifs is 1. The molecule has 2 fully saturated rings. The van der Waals surface area contributed by atoms with Crippen LogP contribution in [0.25, 0.3) is 11.4 Å². The number of hydrogen-bond acceptors (Lipinski definition) is 4. The Labute approximate surface area is 164 Å². The van der Waals surface area contributed by atoms with E-state index in [1.807, 2.05) is 35.2 Å². The summed E-state index contributed by atoms with van der Waals surface area (Å²) in [6.07, 6.45) is 5.81. The number of nitrogens with one attached hydrogen (secondary N) is 1. The number of amides is 1. The van der Waals surface area contributed by atoms with E-state index >= 15 is 0 Å². The van der Waals surface area contributed by atoms with Gasteiger partial charge in [0, 0.05) is 18.5 Å². The number of carbonyl (C=O) groups excluding carboxylic acids is 2. The third-order valence-corrected chi connectivity index (χ3v) is 6.51. The summed E-state index contributed by atoms with van der Waals surface area (Å²) in [6, 6.07) is 10.0. The Morgan fingerprint density at radius 1 is 1.18 bits per heavy atom. The van der Waals surface area contributed by atoms with Gasteiger partial charge in [-0.05, 0) is 25.7 Å². The lowest BCUT2D eigenvalue weighted by molar-refractivity contribution is -0.156. The molecule has 2 aromatic rings. The first kappa shape index (κ1) is 17.5. The summed E-state index contributed by atoms with van der Waals surface area (Å²) in [6.45, 7) is 1.17. The van der Waals surface area contributed by atoms with Crippen molar-refractivity contribution in [1.82, 2.24) is 14.9 Å². The van der Waals surface area contributed by atoms with Crippen LogP contribution in [0.4, 0.5) is 0 Å². The molecule has 5 rings (SSSR count). The van der Waals surface area contributed by atoms with Crippen LogP contribution in [0.3, 0.4) is 0 Å². The Bertz CT molecular complexity index is 899. The van der Waals surface area contributed by atoms with Crippen LogP contribution in [0.15, 0.2) is 30.3 Å². The molecule has 1 aromatic carbocycles. The topological polar surface area (TPSA) is 75.3 Å². The lowest BCUT2D eigenvalue weighted by atomic mass is 9.75. The number of aromatic nitrogens is 2. The van der Waals surface area contributed by atoms with Gasteiger partial charge in [-0.2, -0.15) is 0 Å². The average Bonchev–Trinajstić information content (AvgIpc) is 3.29. The van der Waals surface area contributed by atoms with Gasteiger partial charge in [0.1, 0.15) is 11.4 Å². The second-order valence-corrected chi connectivity index (χ2v) is 8.24. The molecule has 1 amide bonds. The number of nitrogens with zero attached hydrogens (tertiary/aromatic N) is 2. The SMILES string of the molecule is O=C1CC(C(=O)N2CCc3nc(-c4ccccc4)[nH]c3C2)C2(CCCCC2)O1. The van der Waals surface area contributed by atoms with Crippen molar-refractivity contribution in [2.45, 2.75) is 57.1 Å². The van der Waals surface area contributed by atoms with Crippen LogP contribution in [0, 0.1) is 5.92 Å². The van der Waals surface area contributed by atoms with Gasteiger partial charge in [0.15, 0.2) is 0 Å². The van der Waals surface area contributed by atoms with E-state index in [2.05, 4.69) is 4.98 Å². The minimum Gasteiger partial charge on any atom is -0.458 e. The van der Waals surface area contributed by atoms with Crippen LogP contribution in [-0.2, 0) is 27.3 Å². The number of hydrogen-bond donors (Lipinski definition) is 1. The number of benzene rings is 1. The summed E-state index contributed by atoms with van der Waals surface area (Å²) in [5, 5.41) is 0. The Kier molecular flexibility index (Phi) is 4.22. The minimum absolute atomic E-state index is 0.0641. The Hall–Kier alpha value is -2.63. The van der Waals surface area contributed by atoms with Crippen molar-refractivity contribution < 1.29 is 14.3 Å². The van der Waals surface area contributed by atoms with Crippen molar-refractivity contribution in [3.8, 4) is 11.4 Å². The number of aromatic amines is 1. The van der Waals surface area contributed by atoms with E-state index in [4.69, 9.17) is 9.72 Å². The second kappa shape index (κ2) is 6.76. The van der Waals surface area contributed by atoms with Crippen molar-refractivity contribution in [3.63, 3.8) is 0 Å². The normalized spacial score (nSPS) is 23.5. The maximum Gasteiger partial charge on any atom is 0.307 e. The molecule has 0 radical (unpaired) electrons. The lowest BCUT2D eigenvalue weighted by Crippen LogP contribution is -2.48. The molecule has 6 nitrogen and oxygen atoms in total. The number of rotatable bonds is 2. The molecular formula is C22H25N3O3. The minimum atomic E-state index is -0.560. The Balaban J connectivity index is 1.36. The molecule has 1 spiro atoms. The molecule has 3 heterocycles. The predicted octanol–water partition coefficient (Wildman–Crippen LogP) is 3.23. The zero-order chi connectivity index (χ0) is 19.1. The molecular weight excluding hydrogens is 354 g/mol. The highest BCUT2D eigenvalue weighted by Crippen LogP contribution is 2.45. The summed E-state index contributed by atoms with van der Waals surface area (Å²) in [7, 11) is 0. The molecule has 1 atom stereocenters. The zero-order valence-corrected chi connectivity index (χ0v) is 15.9. The fraction of sp³-hybridized carbons (Fsp3) is 0.500. The van der Waals surface area contributed by atoms with E-state index in [-0.39, 0.29) is 24.2 Å². The number of ether oxygens (including phenoxy) is 1. The van der Waals surface area contributed by atoms with E-state index in [0.29, 0.717) is 13.1 Å². The van der Waals surface area contributed by atoms with Crippen LogP contribution >= 0.6 is 0 Å². The van der Waals surface area contributed by atoms with Gasteiger partial charge < -0.3 is 14.6 Å². The molecule has 1 aromatic heterocycles. The van der Waals surface area contributed by atoms with E-state index in [9.17, 15) is 9.59 Å². The maximum atomic E-state index is 13.4. The van der Waals surface area contributed by atoms with Crippen molar-refractivity contribution in [3.05, 3.63) is 41.7 Å². The molecule has 6 heteroatoms. The maximum absolute atomic E-state index is 13.4. The second-order valence-electron chi connectivity index (χ2n) is 8.24. The smallest absolute Gasteiger partial charge is 0.307 e. The van der Waals surface area contributed by atoms with Gasteiger partial charge in [-0.15, -0.1) is 0 Å². The molecule has 1 saturated heterocycles. The van der Waals surface area contributed by atoms with Gasteiger partial charge in [0.2, 0.25) is 5.91 Å². The molecule has 146 valence electrons. The summed E-state index contributed by atoms with van der Waals surface area (Å²) in [5.74, 6) is 0.363. The third-order valence-electron chi connectivity index (χ3n) is 6.51. The summed E-state index contributed by atoms with van der Waals surface area (Å²) < 4.78 is 5.74. The lowest BCUT2D eigenvalue weighted by Gasteiger charge is -2.38. The van der Waals surface area contributed by atoms with Crippen LogP contribution in [0.1, 0.15) is 49.9 Å². The van der Waals surface area contributed by atoms with Crippen molar-refractivity contribution in [2.75, 3.05) is 6.54 Å². The average molecular weight is 379 g/mol. The third kappa shape index (κ3) is 2.91. The van der Waals surface area contributed by atoms with Crippen LogP contribution < -0.4 is 0 Å². The van der Waals surface area contributed by atoms with Crippen molar-refractivity contribution in [2.24, 2.45) is 5.92 Å². The van der Waals surface area contributed by atoms with Crippen LogP contribution in [0.2, 0.25) is 0 Å². The van der Waals surface area contributed by atoms with Crippen LogP contribution in [-0.4, -0.2) is 38.9 Å². The standard InChI is InChI=1S/C22H25N3O3/c26-19-13-16(22(28-19)10-5-2-6-11-22)21(27)25-12-9-17-18(14-25)24-20(23-17)15-7-3-1-4-8-15/h1,3-4,7-8,16H,2,5-6,9-14H2,(H,23,24). The molecule has 1 saturated carbocycles. The van der Waals surface area contributed by atoms with Gasteiger partial charge in [-0.1, -0.05) is 36.8 Å². The van der Waals surface area contributed by atoms with E-state index < -0.39 is 5.60 Å². The first-order valence-corrected chi connectivity index (χ1v) is 10.3. The van der Waals surface area contributed by atoms with E-state index in [0.717, 1.165) is 61.3 Å². The van der Waals surface area contributed by atoms with Crippen LogP contribution in [0.5, 0.6) is 0 Å². The highest BCUT2D eigenvalue weighted by molar-refractivity contribution is 5.88. The molecule has 0 bridgehead atoms. The van der Waals surface area contributed by atoms with Gasteiger partial charge in [-0.25, -0.2) is 4.98 Å². The molecule has 2 aliphatic heterocycles. The Morgan fingerprint density at radius 2 is 1.96 bits per heavy atom. The molecule has 3 aliphatic rings. The fourth-order valence-corrected chi connectivity index (χ4v) is 5.04. The highest BCUT2D eigenvalue weighted by atomic mass is 16.6. The van der Waals surface area contributed by atoms with Gasteiger partial charge in [-0.3, -0.25) is 9.59 Å². The Morgan fingerprint density at radius 3 is 2.75 bits per heavy atom. The molecule has 1 unspecified atom stereocenters. The highest BCUT2D eigenvalue weighted by Gasteiger charge is 2.54. The number of carbonyl (C=O) groups is 2. The number of H-pyrrole nitrogens is 1. The van der Waals surface area contributed by atoms with Gasteiger partial charge >= 0.3 is 5.97 Å². The predicted molar refractivity (Wildman–Crippen MR) is 103 cm³/mol. The number of esters is 1. The van der Waals surface area contributed by atoms with Crippen molar-refractivity contribution >= 4 is 11.9 Å². The molecule has 28 heavy (non-hydrogen) atoms. The first-order valence-electron chi connectivity index (χ1n) is 10.3. The van der Waals surface area contributed by atoms with Gasteiger partial charge in [0.05, 0.1) is 30.3 Å². The van der Waals surface area contributed by atoms with Crippen molar-refractivity contribution in [1.29, 1.82) is 0 Å². The van der Waals surface area contributed by atoms with Gasteiger partial charge in [0.25, 0.3) is 0 Å². The molecule has 1 N–H and O–H groups in total. The fourth-order valence-electron chi connectivity index (χ4n) is 5.04.